The predicted molar refractivity (Wildman–Crippen MR) is 332 cm³/mol. The Hall–Kier alpha value is -4.20. The number of nitrogens with zero attached hydrogens (tertiary/aromatic N) is 2. The third-order valence-corrected chi connectivity index (χ3v) is 15.5. The zero-order chi connectivity index (χ0) is 54.3. The van der Waals surface area contributed by atoms with Crippen molar-refractivity contribution in [1.82, 2.24) is 8.75 Å². The van der Waals surface area contributed by atoms with E-state index in [9.17, 15) is 0 Å². The number of ether oxygens (including phenoxy) is 4. The molecule has 0 amide bonds. The highest BCUT2D eigenvalue weighted by molar-refractivity contribution is 7.00. The molecule has 0 atom stereocenters. The van der Waals surface area contributed by atoms with Gasteiger partial charge in [0.25, 0.3) is 0 Å². The minimum atomic E-state index is 0.681. The summed E-state index contributed by atoms with van der Waals surface area (Å²) >= 11 is 1.20. The number of fused-ring (bicyclic) bond motifs is 1. The van der Waals surface area contributed by atoms with Crippen LogP contribution in [0, 0.1) is 23.7 Å². The fourth-order valence-corrected chi connectivity index (χ4v) is 10.6. The molecule has 0 bridgehead atoms. The van der Waals surface area contributed by atoms with Crippen molar-refractivity contribution in [3.63, 3.8) is 0 Å². The van der Waals surface area contributed by atoms with Gasteiger partial charge in [-0.05, 0) is 74.2 Å². The molecule has 0 radical (unpaired) electrons. The van der Waals surface area contributed by atoms with Gasteiger partial charge in [-0.25, -0.2) is 0 Å². The Balaban J connectivity index is 1.38. The van der Waals surface area contributed by atoms with Crippen molar-refractivity contribution in [2.45, 2.75) is 285 Å². The molecule has 0 unspecified atom stereocenters. The van der Waals surface area contributed by atoms with E-state index >= 15 is 0 Å². The van der Waals surface area contributed by atoms with E-state index in [4.69, 9.17) is 27.7 Å². The molecule has 77 heavy (non-hydrogen) atoms. The molecule has 0 saturated carbocycles. The lowest BCUT2D eigenvalue weighted by Crippen LogP contribution is -2.03. The molecular weight excluding hydrogens is 965 g/mol. The van der Waals surface area contributed by atoms with E-state index in [0.717, 1.165) is 82.0 Å². The van der Waals surface area contributed by atoms with Crippen LogP contribution in [0.1, 0.15) is 307 Å². The number of rotatable bonds is 48. The van der Waals surface area contributed by atoms with Crippen molar-refractivity contribution in [3.05, 3.63) is 70.8 Å². The maximum atomic E-state index is 6.46. The van der Waals surface area contributed by atoms with Gasteiger partial charge in [0.15, 0.2) is 23.0 Å². The van der Waals surface area contributed by atoms with E-state index in [-0.39, 0.29) is 0 Å². The molecule has 0 aliphatic carbocycles. The average molecular weight is 1070 g/mol. The molecule has 0 spiro atoms. The summed E-state index contributed by atoms with van der Waals surface area (Å²) in [6, 6.07) is 16.3. The minimum Gasteiger partial charge on any atom is -0.490 e. The maximum absolute atomic E-state index is 6.46. The van der Waals surface area contributed by atoms with E-state index in [0.29, 0.717) is 26.4 Å². The molecule has 4 rings (SSSR count). The summed E-state index contributed by atoms with van der Waals surface area (Å²) in [5.74, 6) is 16.9. The summed E-state index contributed by atoms with van der Waals surface area (Å²) in [7, 11) is 0. The molecule has 0 aliphatic heterocycles. The van der Waals surface area contributed by atoms with Crippen LogP contribution in [-0.2, 0) is 0 Å². The van der Waals surface area contributed by atoms with Gasteiger partial charge in [0.2, 0.25) is 0 Å². The molecule has 0 aliphatic rings. The molecule has 428 valence electrons. The molecule has 1 aromatic heterocycles. The summed E-state index contributed by atoms with van der Waals surface area (Å²) in [5.41, 5.74) is 4.99. The second-order valence-electron chi connectivity index (χ2n) is 22.1. The number of aromatic nitrogens is 2. The number of hydrogen-bond acceptors (Lipinski definition) is 7. The van der Waals surface area contributed by atoms with Crippen LogP contribution in [0.3, 0.4) is 0 Å². The third-order valence-electron chi connectivity index (χ3n) is 15.0. The molecule has 6 nitrogen and oxygen atoms in total. The zero-order valence-electron chi connectivity index (χ0n) is 49.7. The van der Waals surface area contributed by atoms with Gasteiger partial charge in [0, 0.05) is 11.1 Å². The Morgan fingerprint density at radius 1 is 0.286 bits per heavy atom. The molecule has 0 N–H and O–H groups in total. The van der Waals surface area contributed by atoms with E-state index in [1.807, 2.05) is 36.4 Å². The summed E-state index contributed by atoms with van der Waals surface area (Å²) in [6.45, 7) is 11.9. The first-order chi connectivity index (χ1) is 38.2. The van der Waals surface area contributed by atoms with Crippen molar-refractivity contribution in [3.8, 4) is 46.7 Å². The summed E-state index contributed by atoms with van der Waals surface area (Å²) in [6.07, 6.45) is 52.1. The van der Waals surface area contributed by atoms with Gasteiger partial charge in [-0.2, -0.15) is 8.75 Å². The minimum absolute atomic E-state index is 0.681. The third kappa shape index (κ3) is 30.7. The van der Waals surface area contributed by atoms with Gasteiger partial charge in [-0.1, -0.05) is 283 Å². The lowest BCUT2D eigenvalue weighted by atomic mass is 10.1. The SMILES string of the molecule is CCCCCCCCCCCCOc1ccc(C#Cc2ccc(C#Cc3ccc(OCCCCCCCCCCCC)c(OCCCCCCCCCCCC)c3)c3nsnc23)cc1OCCCCCCCCCCCC. The normalized spacial score (nSPS) is 11.1. The fraction of sp³-hybridized carbons (Fsp3) is 0.686. The lowest BCUT2D eigenvalue weighted by molar-refractivity contribution is 0.258. The first-order valence-corrected chi connectivity index (χ1v) is 33.0. The van der Waals surface area contributed by atoms with E-state index in [2.05, 4.69) is 63.5 Å². The van der Waals surface area contributed by atoms with Gasteiger partial charge >= 0.3 is 0 Å². The van der Waals surface area contributed by atoms with Crippen LogP contribution in [0.4, 0.5) is 0 Å². The first kappa shape index (κ1) is 65.3. The van der Waals surface area contributed by atoms with Crippen molar-refractivity contribution < 1.29 is 18.9 Å². The van der Waals surface area contributed by atoms with Crippen LogP contribution < -0.4 is 18.9 Å². The Kier molecular flexibility index (Phi) is 38.7. The average Bonchev–Trinajstić information content (AvgIpc) is 3.96. The Labute approximate surface area is 476 Å². The summed E-state index contributed by atoms with van der Waals surface area (Å²) < 4.78 is 35.1. The predicted octanol–water partition coefficient (Wildman–Crippen LogP) is 21.7. The van der Waals surface area contributed by atoms with Gasteiger partial charge in [-0.3, -0.25) is 0 Å². The molecular formula is C70H108N2O4S. The molecule has 3 aromatic carbocycles. The molecule has 0 fully saturated rings. The van der Waals surface area contributed by atoms with Crippen LogP contribution in [-0.4, -0.2) is 35.2 Å². The van der Waals surface area contributed by atoms with Gasteiger partial charge in [0.05, 0.1) is 49.3 Å². The highest BCUT2D eigenvalue weighted by atomic mass is 32.1. The van der Waals surface area contributed by atoms with Crippen molar-refractivity contribution in [2.24, 2.45) is 0 Å². The van der Waals surface area contributed by atoms with Crippen LogP contribution in [0.25, 0.3) is 11.0 Å². The van der Waals surface area contributed by atoms with Gasteiger partial charge < -0.3 is 18.9 Å². The molecule has 7 heteroatoms. The number of hydrogen-bond donors (Lipinski definition) is 0. The Morgan fingerprint density at radius 2 is 0.532 bits per heavy atom. The number of benzene rings is 3. The summed E-state index contributed by atoms with van der Waals surface area (Å²) in [5, 5.41) is 0. The molecule has 1 heterocycles. The Morgan fingerprint density at radius 3 is 0.805 bits per heavy atom. The fourth-order valence-electron chi connectivity index (χ4n) is 10.1. The molecule has 0 saturated heterocycles. The smallest absolute Gasteiger partial charge is 0.162 e. The van der Waals surface area contributed by atoms with Gasteiger partial charge in [0.1, 0.15) is 11.0 Å². The lowest BCUT2D eigenvalue weighted by Gasteiger charge is -2.13. The Bertz CT molecular complexity index is 2040. The topological polar surface area (TPSA) is 62.7 Å². The summed E-state index contributed by atoms with van der Waals surface area (Å²) in [4.78, 5) is 0. The van der Waals surface area contributed by atoms with E-state index < -0.39 is 0 Å². The van der Waals surface area contributed by atoms with Crippen LogP contribution >= 0.6 is 11.7 Å². The van der Waals surface area contributed by atoms with E-state index in [1.54, 1.807) is 0 Å². The van der Waals surface area contributed by atoms with Gasteiger partial charge in [-0.15, -0.1) is 0 Å². The number of unbranched alkanes of at least 4 members (excludes halogenated alkanes) is 36. The van der Waals surface area contributed by atoms with Crippen LogP contribution in [0.15, 0.2) is 48.5 Å². The zero-order valence-corrected chi connectivity index (χ0v) is 50.5. The molecule has 4 aromatic rings. The quantitative estimate of drug-likeness (QED) is 0.0324. The van der Waals surface area contributed by atoms with Crippen LogP contribution in [0.5, 0.6) is 23.0 Å². The first-order valence-electron chi connectivity index (χ1n) is 32.2. The van der Waals surface area contributed by atoms with E-state index in [1.165, 1.54) is 243 Å². The van der Waals surface area contributed by atoms with Crippen molar-refractivity contribution >= 4 is 22.8 Å². The van der Waals surface area contributed by atoms with Crippen LogP contribution in [0.2, 0.25) is 0 Å². The standard InChI is InChI=1S/C70H108N2O4S/c1-5-9-13-17-21-25-29-33-37-41-55-73-65-53-47-61(59-67(65)75-57-43-39-35-31-27-23-19-15-11-7-3)45-49-63-51-52-64(70-69(63)71-77-72-70)50-46-62-48-54-66(74-56-42-38-34-30-26-22-18-14-10-6-2)68(60-62)76-58-44-40-36-32-28-24-20-16-12-8-4/h47-48,51-54,59-60H,5-44,55-58H2,1-4H3. The van der Waals surface area contributed by atoms with Crippen molar-refractivity contribution in [1.29, 1.82) is 0 Å². The largest absolute Gasteiger partial charge is 0.490 e. The highest BCUT2D eigenvalue weighted by Crippen LogP contribution is 2.31. The highest BCUT2D eigenvalue weighted by Gasteiger charge is 2.12. The monoisotopic (exact) mass is 1070 g/mol. The van der Waals surface area contributed by atoms with Crippen molar-refractivity contribution in [2.75, 3.05) is 26.4 Å². The maximum Gasteiger partial charge on any atom is 0.162 e. The second-order valence-corrected chi connectivity index (χ2v) is 22.6. The second kappa shape index (κ2) is 45.6.